The number of unbranched alkanes of at least 4 members (excludes halogenated alkanes) is 1. The highest BCUT2D eigenvalue weighted by Gasteiger charge is 1.73. The van der Waals surface area contributed by atoms with E-state index in [2.05, 4.69) is 31.3 Å². The van der Waals surface area contributed by atoms with E-state index in [-0.39, 0.29) is 0 Å². The predicted octanol–water partition coefficient (Wildman–Crippen LogP) is 1.95. The van der Waals surface area contributed by atoms with Crippen LogP contribution in [-0.2, 0) is 0 Å². The van der Waals surface area contributed by atoms with Gasteiger partial charge in [0.2, 0.25) is 0 Å². The van der Waals surface area contributed by atoms with Crippen molar-refractivity contribution in [1.82, 2.24) is 5.32 Å². The van der Waals surface area contributed by atoms with Crippen LogP contribution in [0, 0.1) is 0 Å². The molecule has 0 aliphatic rings. The molecule has 9 heavy (non-hydrogen) atoms. The third-order valence-electron chi connectivity index (χ3n) is 1.13. The van der Waals surface area contributed by atoms with E-state index in [9.17, 15) is 0 Å². The van der Waals surface area contributed by atoms with Crippen LogP contribution in [0.1, 0.15) is 26.7 Å². The Hall–Kier alpha value is -0.300. The van der Waals surface area contributed by atoms with E-state index in [0.29, 0.717) is 0 Å². The van der Waals surface area contributed by atoms with Crippen LogP contribution in [0.4, 0.5) is 0 Å². The standard InChI is InChI=1S/C8H17N/c1-3-5-6-7-8-9-4-2/h6-7,9H,3-5,8H2,1-2H3/b7-6-. The van der Waals surface area contributed by atoms with E-state index in [1.54, 1.807) is 0 Å². The SMILES string of the molecule is CCC/C=C\CNCC. The number of hydrogen-bond acceptors (Lipinski definition) is 1. The summed E-state index contributed by atoms with van der Waals surface area (Å²) in [5.41, 5.74) is 0. The second-order valence-electron chi connectivity index (χ2n) is 2.07. The third kappa shape index (κ3) is 7.70. The largest absolute Gasteiger partial charge is 0.314 e. The van der Waals surface area contributed by atoms with Gasteiger partial charge in [-0.15, -0.1) is 0 Å². The molecule has 0 fully saturated rings. The molecule has 0 radical (unpaired) electrons. The third-order valence-corrected chi connectivity index (χ3v) is 1.13. The highest BCUT2D eigenvalue weighted by atomic mass is 14.8. The van der Waals surface area contributed by atoms with Crippen molar-refractivity contribution in [2.45, 2.75) is 26.7 Å². The molecule has 0 aromatic heterocycles. The Kier molecular flexibility index (Phi) is 7.44. The minimum atomic E-state index is 1.02. The number of allylic oxidation sites excluding steroid dienone is 1. The summed E-state index contributed by atoms with van der Waals surface area (Å²) < 4.78 is 0. The van der Waals surface area contributed by atoms with Gasteiger partial charge >= 0.3 is 0 Å². The van der Waals surface area contributed by atoms with Crippen molar-refractivity contribution < 1.29 is 0 Å². The lowest BCUT2D eigenvalue weighted by atomic mass is 10.3. The zero-order chi connectivity index (χ0) is 6.95. The highest BCUT2D eigenvalue weighted by Crippen LogP contribution is 1.86. The van der Waals surface area contributed by atoms with Crippen molar-refractivity contribution >= 4 is 0 Å². The van der Waals surface area contributed by atoms with Gasteiger partial charge in [0.15, 0.2) is 0 Å². The lowest BCUT2D eigenvalue weighted by Gasteiger charge is -1.91. The van der Waals surface area contributed by atoms with Crippen molar-refractivity contribution in [3.63, 3.8) is 0 Å². The van der Waals surface area contributed by atoms with E-state index in [1.165, 1.54) is 12.8 Å². The van der Waals surface area contributed by atoms with Gasteiger partial charge in [-0.05, 0) is 13.0 Å². The zero-order valence-corrected chi connectivity index (χ0v) is 6.48. The minimum Gasteiger partial charge on any atom is -0.314 e. The topological polar surface area (TPSA) is 12.0 Å². The fourth-order valence-electron chi connectivity index (χ4n) is 0.596. The summed E-state index contributed by atoms with van der Waals surface area (Å²) >= 11 is 0. The highest BCUT2D eigenvalue weighted by molar-refractivity contribution is 4.82. The number of nitrogens with one attached hydrogen (secondary N) is 1. The molecule has 0 atom stereocenters. The van der Waals surface area contributed by atoms with E-state index in [0.717, 1.165) is 13.1 Å². The van der Waals surface area contributed by atoms with Crippen LogP contribution in [-0.4, -0.2) is 13.1 Å². The Balaban J connectivity index is 2.86. The molecule has 0 bridgehead atoms. The fourth-order valence-corrected chi connectivity index (χ4v) is 0.596. The lowest BCUT2D eigenvalue weighted by molar-refractivity contribution is 0.795. The van der Waals surface area contributed by atoms with Crippen LogP contribution in [0.25, 0.3) is 0 Å². The monoisotopic (exact) mass is 127 g/mol. The Morgan fingerprint density at radius 2 is 2.00 bits per heavy atom. The molecule has 1 nitrogen and oxygen atoms in total. The van der Waals surface area contributed by atoms with Crippen molar-refractivity contribution in [1.29, 1.82) is 0 Å². The zero-order valence-electron chi connectivity index (χ0n) is 6.48. The molecule has 0 heterocycles. The van der Waals surface area contributed by atoms with E-state index >= 15 is 0 Å². The van der Waals surface area contributed by atoms with Gasteiger partial charge in [-0.25, -0.2) is 0 Å². The van der Waals surface area contributed by atoms with Gasteiger partial charge in [0.25, 0.3) is 0 Å². The second-order valence-corrected chi connectivity index (χ2v) is 2.07. The average Bonchev–Trinajstić information content (AvgIpc) is 1.89. The van der Waals surface area contributed by atoms with Gasteiger partial charge in [-0.2, -0.15) is 0 Å². The van der Waals surface area contributed by atoms with Crippen LogP contribution in [0.5, 0.6) is 0 Å². The first-order chi connectivity index (χ1) is 4.41. The summed E-state index contributed by atoms with van der Waals surface area (Å²) in [5, 5.41) is 3.22. The quantitative estimate of drug-likeness (QED) is 0.439. The summed E-state index contributed by atoms with van der Waals surface area (Å²) in [6.45, 7) is 6.40. The Labute approximate surface area is 58.2 Å². The molecule has 0 aliphatic heterocycles. The Bertz CT molecular complexity index is 67.0. The maximum Gasteiger partial charge on any atom is 0.0134 e. The van der Waals surface area contributed by atoms with Crippen molar-refractivity contribution in [2.24, 2.45) is 0 Å². The first-order valence-corrected chi connectivity index (χ1v) is 3.77. The molecule has 1 N–H and O–H groups in total. The summed E-state index contributed by atoms with van der Waals surface area (Å²) in [7, 11) is 0. The summed E-state index contributed by atoms with van der Waals surface area (Å²) in [6.07, 6.45) is 6.88. The Morgan fingerprint density at radius 1 is 1.22 bits per heavy atom. The molecule has 0 spiro atoms. The molecule has 0 rings (SSSR count). The molecule has 0 aliphatic carbocycles. The normalized spacial score (nSPS) is 10.9. The summed E-state index contributed by atoms with van der Waals surface area (Å²) in [5.74, 6) is 0. The Morgan fingerprint density at radius 3 is 2.56 bits per heavy atom. The number of rotatable bonds is 5. The first kappa shape index (κ1) is 8.70. The fraction of sp³-hybridized carbons (Fsp3) is 0.750. The maximum absolute atomic E-state index is 3.22. The van der Waals surface area contributed by atoms with Crippen LogP contribution in [0.15, 0.2) is 12.2 Å². The summed E-state index contributed by atoms with van der Waals surface area (Å²) in [6, 6.07) is 0. The van der Waals surface area contributed by atoms with Crippen LogP contribution >= 0.6 is 0 Å². The maximum atomic E-state index is 3.22. The molecule has 0 saturated carbocycles. The van der Waals surface area contributed by atoms with Gasteiger partial charge in [-0.1, -0.05) is 32.4 Å². The lowest BCUT2D eigenvalue weighted by Crippen LogP contribution is -2.11. The molecular formula is C8H17N. The van der Waals surface area contributed by atoms with Gasteiger partial charge in [-0.3, -0.25) is 0 Å². The van der Waals surface area contributed by atoms with Gasteiger partial charge in [0.1, 0.15) is 0 Å². The minimum absolute atomic E-state index is 1.02. The van der Waals surface area contributed by atoms with Crippen LogP contribution in [0.2, 0.25) is 0 Å². The van der Waals surface area contributed by atoms with E-state index in [4.69, 9.17) is 0 Å². The van der Waals surface area contributed by atoms with Crippen LogP contribution < -0.4 is 5.32 Å². The summed E-state index contributed by atoms with van der Waals surface area (Å²) in [4.78, 5) is 0. The van der Waals surface area contributed by atoms with E-state index in [1.807, 2.05) is 0 Å². The van der Waals surface area contributed by atoms with Crippen molar-refractivity contribution in [2.75, 3.05) is 13.1 Å². The molecule has 1 heteroatoms. The molecular weight excluding hydrogens is 110 g/mol. The predicted molar refractivity (Wildman–Crippen MR) is 42.6 cm³/mol. The van der Waals surface area contributed by atoms with Gasteiger partial charge < -0.3 is 5.32 Å². The van der Waals surface area contributed by atoms with E-state index < -0.39 is 0 Å². The second kappa shape index (κ2) is 7.70. The number of likely N-dealkylation sites (N-methyl/N-ethyl adjacent to an activating group) is 1. The smallest absolute Gasteiger partial charge is 0.0134 e. The van der Waals surface area contributed by atoms with Crippen LogP contribution in [0.3, 0.4) is 0 Å². The molecule has 0 aromatic rings. The molecule has 0 unspecified atom stereocenters. The van der Waals surface area contributed by atoms with Gasteiger partial charge in [0, 0.05) is 6.54 Å². The van der Waals surface area contributed by atoms with Gasteiger partial charge in [0.05, 0.1) is 0 Å². The molecule has 0 aromatic carbocycles. The number of hydrogen-bond donors (Lipinski definition) is 1. The first-order valence-electron chi connectivity index (χ1n) is 3.77. The molecule has 0 saturated heterocycles. The molecule has 0 amide bonds. The van der Waals surface area contributed by atoms with Crippen molar-refractivity contribution in [3.8, 4) is 0 Å². The van der Waals surface area contributed by atoms with Crippen molar-refractivity contribution in [3.05, 3.63) is 12.2 Å². The molecule has 54 valence electrons. The average molecular weight is 127 g/mol.